The molecule has 1 aromatic carbocycles. The number of amides is 1. The Morgan fingerprint density at radius 1 is 1.21 bits per heavy atom. The van der Waals surface area contributed by atoms with E-state index in [9.17, 15) is 4.79 Å². The zero-order valence-electron chi connectivity index (χ0n) is 13.6. The second kappa shape index (κ2) is 6.57. The van der Waals surface area contributed by atoms with Crippen LogP contribution in [-0.2, 0) is 4.79 Å². The molecule has 7 heteroatoms. The Balaban J connectivity index is 1.72. The third-order valence-corrected chi connectivity index (χ3v) is 3.50. The summed E-state index contributed by atoms with van der Waals surface area (Å²) in [6.07, 6.45) is 3.15. The molecule has 1 aliphatic rings. The molecule has 0 bridgehead atoms. The lowest BCUT2D eigenvalue weighted by Gasteiger charge is -2.10. The smallest absolute Gasteiger partial charge is 0.316 e. The molecule has 0 unspecified atom stereocenters. The van der Waals surface area contributed by atoms with Crippen molar-refractivity contribution >= 4 is 17.7 Å². The second-order valence-corrected chi connectivity index (χ2v) is 5.19. The monoisotopic (exact) mass is 327 g/mol. The number of methoxy groups -OCH3 is 1. The molecule has 1 aliphatic heterocycles. The first-order valence-electron chi connectivity index (χ1n) is 7.35. The van der Waals surface area contributed by atoms with Gasteiger partial charge in [-0.05, 0) is 37.6 Å². The highest BCUT2D eigenvalue weighted by Crippen LogP contribution is 2.32. The maximum absolute atomic E-state index is 12.1. The Bertz CT molecular complexity index is 794. The highest BCUT2D eigenvalue weighted by Gasteiger charge is 2.13. The highest BCUT2D eigenvalue weighted by atomic mass is 16.7. The number of nitrogens with zero attached hydrogens (tertiary/aromatic N) is 2. The topological polar surface area (TPSA) is 82.6 Å². The van der Waals surface area contributed by atoms with Crippen molar-refractivity contribution in [2.24, 2.45) is 0 Å². The summed E-state index contributed by atoms with van der Waals surface area (Å²) < 4.78 is 15.6. The van der Waals surface area contributed by atoms with Gasteiger partial charge in [-0.15, -0.1) is 0 Å². The van der Waals surface area contributed by atoms with E-state index < -0.39 is 0 Å². The normalized spacial score (nSPS) is 12.5. The summed E-state index contributed by atoms with van der Waals surface area (Å²) in [4.78, 5) is 20.5. The number of hydrogen-bond donors (Lipinski definition) is 1. The van der Waals surface area contributed by atoms with E-state index in [-0.39, 0.29) is 18.7 Å². The number of fused-ring (bicyclic) bond motifs is 1. The first-order chi connectivity index (χ1) is 11.6. The van der Waals surface area contributed by atoms with E-state index >= 15 is 0 Å². The van der Waals surface area contributed by atoms with Gasteiger partial charge in [-0.2, -0.15) is 9.97 Å². The average Bonchev–Trinajstić information content (AvgIpc) is 3.03. The first kappa shape index (κ1) is 15.8. The van der Waals surface area contributed by atoms with Gasteiger partial charge in [-0.1, -0.05) is 6.07 Å². The fraction of sp³-hybridized carbons (Fsp3) is 0.235. The van der Waals surface area contributed by atoms with Crippen LogP contribution in [0.4, 0.5) is 5.69 Å². The first-order valence-corrected chi connectivity index (χ1v) is 7.35. The van der Waals surface area contributed by atoms with Crippen LogP contribution in [0.2, 0.25) is 0 Å². The Morgan fingerprint density at radius 3 is 2.62 bits per heavy atom. The van der Waals surface area contributed by atoms with Gasteiger partial charge in [0.1, 0.15) is 0 Å². The number of carbonyl (C=O) groups is 1. The van der Waals surface area contributed by atoms with E-state index in [0.717, 1.165) is 5.56 Å². The minimum Gasteiger partial charge on any atom is -0.467 e. The van der Waals surface area contributed by atoms with E-state index in [4.69, 9.17) is 14.2 Å². The summed E-state index contributed by atoms with van der Waals surface area (Å²) in [7, 11) is 1.50. The minimum absolute atomic E-state index is 0.221. The van der Waals surface area contributed by atoms with Gasteiger partial charge in [-0.25, -0.2) is 0 Å². The van der Waals surface area contributed by atoms with Gasteiger partial charge in [0, 0.05) is 6.08 Å². The average molecular weight is 327 g/mol. The molecule has 24 heavy (non-hydrogen) atoms. The van der Waals surface area contributed by atoms with Crippen molar-refractivity contribution < 1.29 is 19.0 Å². The third kappa shape index (κ3) is 3.29. The van der Waals surface area contributed by atoms with Crippen molar-refractivity contribution in [3.8, 4) is 17.5 Å². The number of aromatic nitrogens is 2. The van der Waals surface area contributed by atoms with E-state index in [2.05, 4.69) is 15.3 Å². The van der Waals surface area contributed by atoms with Crippen molar-refractivity contribution in [2.45, 2.75) is 13.8 Å². The zero-order valence-corrected chi connectivity index (χ0v) is 13.6. The number of anilines is 1. The van der Waals surface area contributed by atoms with Crippen LogP contribution in [0.25, 0.3) is 6.08 Å². The number of rotatable bonds is 4. The summed E-state index contributed by atoms with van der Waals surface area (Å²) in [6, 6.07) is 5.76. The standard InChI is InChI=1S/C17H17N3O4/c1-10-16(11(2)19-17(18-10)22-3)20-15(21)7-5-12-4-6-13-14(8-12)24-9-23-13/h4-8H,9H2,1-3H3,(H,20,21)/b7-5+. The summed E-state index contributed by atoms with van der Waals surface area (Å²) in [6.45, 7) is 3.79. The van der Waals surface area contributed by atoms with Gasteiger partial charge in [0.15, 0.2) is 11.5 Å². The maximum Gasteiger partial charge on any atom is 0.316 e. The molecule has 1 amide bonds. The summed E-state index contributed by atoms with van der Waals surface area (Å²) in [5, 5.41) is 2.79. The largest absolute Gasteiger partial charge is 0.467 e. The van der Waals surface area contributed by atoms with E-state index in [1.165, 1.54) is 13.2 Å². The van der Waals surface area contributed by atoms with Crippen LogP contribution in [0, 0.1) is 13.8 Å². The van der Waals surface area contributed by atoms with Crippen molar-refractivity contribution in [3.63, 3.8) is 0 Å². The van der Waals surface area contributed by atoms with Crippen molar-refractivity contribution in [2.75, 3.05) is 19.2 Å². The van der Waals surface area contributed by atoms with Gasteiger partial charge >= 0.3 is 6.01 Å². The fourth-order valence-electron chi connectivity index (χ4n) is 2.31. The molecule has 0 atom stereocenters. The zero-order chi connectivity index (χ0) is 17.1. The van der Waals surface area contributed by atoms with Crippen LogP contribution >= 0.6 is 0 Å². The molecule has 1 aromatic heterocycles. The summed E-state index contributed by atoms with van der Waals surface area (Å²) in [5.41, 5.74) is 2.71. The van der Waals surface area contributed by atoms with Crippen molar-refractivity contribution in [3.05, 3.63) is 41.2 Å². The van der Waals surface area contributed by atoms with Crippen molar-refractivity contribution in [1.82, 2.24) is 9.97 Å². The highest BCUT2D eigenvalue weighted by molar-refractivity contribution is 6.02. The van der Waals surface area contributed by atoms with Crippen LogP contribution in [0.5, 0.6) is 17.5 Å². The predicted molar refractivity (Wildman–Crippen MR) is 88.3 cm³/mol. The van der Waals surface area contributed by atoms with Gasteiger partial charge in [-0.3, -0.25) is 4.79 Å². The van der Waals surface area contributed by atoms with Crippen LogP contribution in [-0.4, -0.2) is 29.8 Å². The van der Waals surface area contributed by atoms with E-state index in [1.807, 2.05) is 18.2 Å². The third-order valence-electron chi connectivity index (χ3n) is 3.50. The Kier molecular flexibility index (Phi) is 4.33. The number of nitrogens with one attached hydrogen (secondary N) is 1. The van der Waals surface area contributed by atoms with Gasteiger partial charge < -0.3 is 19.5 Å². The summed E-state index contributed by atoms with van der Waals surface area (Å²) in [5.74, 6) is 1.11. The Hall–Kier alpha value is -3.09. The number of ether oxygens (including phenoxy) is 3. The molecule has 3 rings (SSSR count). The molecule has 0 saturated heterocycles. The molecular weight excluding hydrogens is 310 g/mol. The molecule has 1 N–H and O–H groups in total. The van der Waals surface area contributed by atoms with Crippen LogP contribution < -0.4 is 19.5 Å². The minimum atomic E-state index is -0.271. The number of carbonyl (C=O) groups excluding carboxylic acids is 1. The van der Waals surface area contributed by atoms with Gasteiger partial charge in [0.05, 0.1) is 24.2 Å². The van der Waals surface area contributed by atoms with E-state index in [1.54, 1.807) is 19.9 Å². The van der Waals surface area contributed by atoms with Gasteiger partial charge in [0.2, 0.25) is 12.7 Å². The fourth-order valence-corrected chi connectivity index (χ4v) is 2.31. The molecule has 0 radical (unpaired) electrons. The molecule has 0 aliphatic carbocycles. The van der Waals surface area contributed by atoms with Crippen LogP contribution in [0.1, 0.15) is 17.0 Å². The molecule has 2 aromatic rings. The van der Waals surface area contributed by atoms with Crippen LogP contribution in [0.3, 0.4) is 0 Å². The number of aryl methyl sites for hydroxylation is 2. The number of hydrogen-bond acceptors (Lipinski definition) is 6. The molecule has 7 nitrogen and oxygen atoms in total. The lowest BCUT2D eigenvalue weighted by Crippen LogP contribution is -2.12. The molecule has 124 valence electrons. The molecular formula is C17H17N3O4. The lowest BCUT2D eigenvalue weighted by molar-refractivity contribution is -0.111. The number of benzene rings is 1. The SMILES string of the molecule is COc1nc(C)c(NC(=O)/C=C/c2ccc3c(c2)OCO3)c(C)n1. The summed E-state index contributed by atoms with van der Waals surface area (Å²) >= 11 is 0. The molecule has 0 spiro atoms. The van der Waals surface area contributed by atoms with Gasteiger partial charge in [0.25, 0.3) is 0 Å². The van der Waals surface area contributed by atoms with Crippen molar-refractivity contribution in [1.29, 1.82) is 0 Å². The maximum atomic E-state index is 12.1. The molecule has 0 fully saturated rings. The molecule has 2 heterocycles. The lowest BCUT2D eigenvalue weighted by atomic mass is 10.2. The second-order valence-electron chi connectivity index (χ2n) is 5.19. The molecule has 0 saturated carbocycles. The Morgan fingerprint density at radius 2 is 1.92 bits per heavy atom. The van der Waals surface area contributed by atoms with Crippen LogP contribution in [0.15, 0.2) is 24.3 Å². The quantitative estimate of drug-likeness (QED) is 0.869. The predicted octanol–water partition coefficient (Wildman–Crippen LogP) is 2.48. The Labute approximate surface area is 139 Å². The van der Waals surface area contributed by atoms with E-state index in [0.29, 0.717) is 28.6 Å².